The number of nitrogens with zero attached hydrogens (tertiary/aromatic N) is 5. The van der Waals surface area contributed by atoms with Crippen LogP contribution in [0.2, 0.25) is 0 Å². The third-order valence-corrected chi connectivity index (χ3v) is 8.39. The lowest BCUT2D eigenvalue weighted by atomic mass is 10.0. The minimum Gasteiger partial charge on any atom is -0.305 e. The molecule has 0 unspecified atom stereocenters. The molecule has 8 rings (SSSR count). The molecule has 4 aromatic carbocycles. The van der Waals surface area contributed by atoms with Crippen LogP contribution in [0.5, 0.6) is 0 Å². The summed E-state index contributed by atoms with van der Waals surface area (Å²) in [5.41, 5.74) is 8.45. The number of thiophene rings is 1. The molecule has 0 amide bonds. The Hall–Kier alpha value is -5.25. The van der Waals surface area contributed by atoms with Crippen LogP contribution in [-0.4, -0.2) is 14.5 Å². The minimum atomic E-state index is 0.448. The van der Waals surface area contributed by atoms with Gasteiger partial charge in [0.15, 0.2) is 5.82 Å². The molecule has 1 aliphatic rings. The van der Waals surface area contributed by atoms with Crippen LogP contribution in [0.3, 0.4) is 0 Å². The highest BCUT2D eigenvalue weighted by molar-refractivity contribution is 7.18. The van der Waals surface area contributed by atoms with Gasteiger partial charge in [-0.1, -0.05) is 78.9 Å². The Bertz CT molecular complexity index is 2080. The first-order valence-electron chi connectivity index (χ1n) is 12.7. The van der Waals surface area contributed by atoms with E-state index in [-0.39, 0.29) is 0 Å². The Morgan fingerprint density at radius 1 is 0.692 bits per heavy atom. The molecule has 0 atom stereocenters. The monoisotopic (exact) mass is 517 g/mol. The van der Waals surface area contributed by atoms with E-state index in [0.29, 0.717) is 11.4 Å². The van der Waals surface area contributed by atoms with Crippen molar-refractivity contribution in [3.05, 3.63) is 121 Å². The van der Waals surface area contributed by atoms with Crippen molar-refractivity contribution in [1.29, 1.82) is 5.26 Å². The SMILES string of the molecule is N#Cc1cnc(-c2cc3c(s2)-n2c4ccccc4c4cccc(c42)N3c2ccccc2-c2ccccc2)nc1. The first-order valence-corrected chi connectivity index (χ1v) is 13.5. The van der Waals surface area contributed by atoms with Crippen LogP contribution in [0.1, 0.15) is 5.56 Å². The minimum absolute atomic E-state index is 0.448. The zero-order valence-electron chi connectivity index (χ0n) is 20.6. The van der Waals surface area contributed by atoms with E-state index >= 15 is 0 Å². The molecule has 0 N–H and O–H groups in total. The number of benzene rings is 4. The molecule has 0 saturated heterocycles. The Balaban J connectivity index is 1.47. The van der Waals surface area contributed by atoms with Gasteiger partial charge in [0.05, 0.1) is 38.5 Å². The number of hydrogen-bond donors (Lipinski definition) is 0. The van der Waals surface area contributed by atoms with Gasteiger partial charge in [-0.2, -0.15) is 5.26 Å². The zero-order chi connectivity index (χ0) is 25.9. The second kappa shape index (κ2) is 8.38. The standard InChI is InChI=1S/C33H19N5S/c34-18-21-19-35-32(36-20-21)30-17-29-33(39-30)38-27-15-7-5-12-24(27)25-13-8-16-28(31(25)38)37(29)26-14-6-4-11-23(26)22-9-2-1-3-10-22/h1-17,19-20H. The van der Waals surface area contributed by atoms with Crippen molar-refractivity contribution in [3.63, 3.8) is 0 Å². The molecule has 0 radical (unpaired) electrons. The van der Waals surface area contributed by atoms with Crippen molar-refractivity contribution in [2.24, 2.45) is 0 Å². The van der Waals surface area contributed by atoms with E-state index in [2.05, 4.69) is 123 Å². The molecule has 0 aliphatic carbocycles. The average Bonchev–Trinajstić information content (AvgIpc) is 3.59. The van der Waals surface area contributed by atoms with Crippen LogP contribution in [0.4, 0.5) is 17.1 Å². The lowest BCUT2D eigenvalue weighted by Crippen LogP contribution is -2.17. The number of fused-ring (bicyclic) bond motifs is 5. The Kier molecular flexibility index (Phi) is 4.69. The van der Waals surface area contributed by atoms with Gasteiger partial charge in [-0.3, -0.25) is 4.57 Å². The summed E-state index contributed by atoms with van der Waals surface area (Å²) < 4.78 is 2.38. The first kappa shape index (κ1) is 21.8. The normalized spacial score (nSPS) is 12.0. The molecule has 3 aromatic heterocycles. The van der Waals surface area contributed by atoms with Gasteiger partial charge in [-0.05, 0) is 29.8 Å². The number of rotatable bonds is 3. The summed E-state index contributed by atoms with van der Waals surface area (Å²) in [5.74, 6) is 0.612. The highest BCUT2D eigenvalue weighted by atomic mass is 32.1. The number of aromatic nitrogens is 3. The van der Waals surface area contributed by atoms with E-state index in [4.69, 9.17) is 0 Å². The number of para-hydroxylation sites is 3. The van der Waals surface area contributed by atoms with Crippen molar-refractivity contribution >= 4 is 50.2 Å². The maximum absolute atomic E-state index is 9.24. The van der Waals surface area contributed by atoms with Gasteiger partial charge in [0.1, 0.15) is 11.1 Å². The van der Waals surface area contributed by atoms with Crippen molar-refractivity contribution in [2.45, 2.75) is 0 Å². The largest absolute Gasteiger partial charge is 0.305 e. The smallest absolute Gasteiger partial charge is 0.169 e. The van der Waals surface area contributed by atoms with Gasteiger partial charge in [0.2, 0.25) is 0 Å². The number of anilines is 3. The van der Waals surface area contributed by atoms with E-state index < -0.39 is 0 Å². The maximum atomic E-state index is 9.24. The third kappa shape index (κ3) is 3.18. The van der Waals surface area contributed by atoms with Gasteiger partial charge in [-0.15, -0.1) is 11.3 Å². The fourth-order valence-electron chi connectivity index (χ4n) is 5.63. The number of nitriles is 1. The summed E-state index contributed by atoms with van der Waals surface area (Å²) in [6, 6.07) is 38.5. The predicted octanol–water partition coefficient (Wildman–Crippen LogP) is 8.62. The summed E-state index contributed by atoms with van der Waals surface area (Å²) >= 11 is 1.67. The zero-order valence-corrected chi connectivity index (χ0v) is 21.4. The molecule has 0 fully saturated rings. The summed E-state index contributed by atoms with van der Waals surface area (Å²) in [7, 11) is 0. The fourth-order valence-corrected chi connectivity index (χ4v) is 6.74. The van der Waals surface area contributed by atoms with Gasteiger partial charge < -0.3 is 4.90 Å². The molecule has 7 aromatic rings. The fraction of sp³-hybridized carbons (Fsp3) is 0. The molecule has 4 heterocycles. The second-order valence-corrected chi connectivity index (χ2v) is 10.5. The predicted molar refractivity (Wildman–Crippen MR) is 158 cm³/mol. The van der Waals surface area contributed by atoms with Crippen LogP contribution in [0, 0.1) is 11.3 Å². The van der Waals surface area contributed by atoms with Crippen molar-refractivity contribution in [1.82, 2.24) is 14.5 Å². The molecule has 5 nitrogen and oxygen atoms in total. The first-order chi connectivity index (χ1) is 19.3. The Morgan fingerprint density at radius 2 is 1.41 bits per heavy atom. The van der Waals surface area contributed by atoms with Gasteiger partial charge in [-0.25, -0.2) is 9.97 Å². The summed E-state index contributed by atoms with van der Waals surface area (Å²) in [4.78, 5) is 12.4. The molecular formula is C33H19N5S. The van der Waals surface area contributed by atoms with E-state index in [1.54, 1.807) is 23.7 Å². The number of hydrogen-bond acceptors (Lipinski definition) is 5. The molecular weight excluding hydrogens is 498 g/mol. The second-order valence-electron chi connectivity index (χ2n) is 9.45. The van der Waals surface area contributed by atoms with Gasteiger partial charge in [0, 0.05) is 28.7 Å². The van der Waals surface area contributed by atoms with Crippen LogP contribution in [0.15, 0.2) is 116 Å². The lowest BCUT2D eigenvalue weighted by molar-refractivity contribution is 1.14. The maximum Gasteiger partial charge on any atom is 0.169 e. The lowest BCUT2D eigenvalue weighted by Gasteiger charge is -2.32. The average molecular weight is 518 g/mol. The Morgan fingerprint density at radius 3 is 2.26 bits per heavy atom. The summed E-state index contributed by atoms with van der Waals surface area (Å²) in [6.45, 7) is 0. The quantitative estimate of drug-likeness (QED) is 0.235. The van der Waals surface area contributed by atoms with Crippen molar-refractivity contribution in [3.8, 4) is 32.9 Å². The van der Waals surface area contributed by atoms with Crippen LogP contribution < -0.4 is 4.90 Å². The molecule has 1 aliphatic heterocycles. The molecule has 0 saturated carbocycles. The topological polar surface area (TPSA) is 57.7 Å². The van der Waals surface area contributed by atoms with E-state index in [9.17, 15) is 5.26 Å². The summed E-state index contributed by atoms with van der Waals surface area (Å²) in [5, 5.41) is 12.8. The van der Waals surface area contributed by atoms with Crippen LogP contribution >= 0.6 is 11.3 Å². The van der Waals surface area contributed by atoms with Crippen molar-refractivity contribution in [2.75, 3.05) is 4.90 Å². The van der Waals surface area contributed by atoms with E-state index in [0.717, 1.165) is 32.5 Å². The van der Waals surface area contributed by atoms with Crippen LogP contribution in [-0.2, 0) is 0 Å². The molecule has 39 heavy (non-hydrogen) atoms. The molecule has 182 valence electrons. The van der Waals surface area contributed by atoms with Gasteiger partial charge in [0.25, 0.3) is 0 Å². The van der Waals surface area contributed by atoms with Gasteiger partial charge >= 0.3 is 0 Å². The Labute approximate surface area is 228 Å². The van der Waals surface area contributed by atoms with E-state index in [1.165, 1.54) is 27.4 Å². The van der Waals surface area contributed by atoms with E-state index in [1.807, 2.05) is 6.07 Å². The van der Waals surface area contributed by atoms with Crippen LogP contribution in [0.25, 0.3) is 48.6 Å². The third-order valence-electron chi connectivity index (χ3n) is 7.28. The molecule has 0 spiro atoms. The molecule has 0 bridgehead atoms. The molecule has 6 heteroatoms. The highest BCUT2D eigenvalue weighted by Crippen LogP contribution is 2.54. The highest BCUT2D eigenvalue weighted by Gasteiger charge is 2.32. The summed E-state index contributed by atoms with van der Waals surface area (Å²) in [6.07, 6.45) is 3.17. The van der Waals surface area contributed by atoms with Crippen molar-refractivity contribution < 1.29 is 0 Å².